The van der Waals surface area contributed by atoms with Crippen LogP contribution in [0.5, 0.6) is 0 Å². The van der Waals surface area contributed by atoms with Crippen LogP contribution in [0, 0.1) is 26.7 Å². The second-order valence-corrected chi connectivity index (χ2v) is 8.40. The smallest absolute Gasteiger partial charge is 0.270 e. The van der Waals surface area contributed by atoms with E-state index in [9.17, 15) is 9.59 Å². The summed E-state index contributed by atoms with van der Waals surface area (Å²) in [7, 11) is 0. The SMILES string of the molecule is Cc1[nH]c(C(=O)N2CCCC(C(=O)N3CCC4(CC3)OCCO4)C2)c(C)c1C. The predicted octanol–water partition coefficient (Wildman–Crippen LogP) is 2.16. The van der Waals surface area contributed by atoms with Crippen molar-refractivity contribution in [3.05, 3.63) is 22.5 Å². The molecule has 3 aliphatic rings. The molecule has 1 aromatic rings. The Labute approximate surface area is 166 Å². The normalized spacial score (nSPS) is 24.8. The van der Waals surface area contributed by atoms with Crippen LogP contribution in [0.4, 0.5) is 0 Å². The van der Waals surface area contributed by atoms with Crippen molar-refractivity contribution < 1.29 is 19.1 Å². The van der Waals surface area contributed by atoms with Gasteiger partial charge in [-0.25, -0.2) is 0 Å². The molecule has 0 aliphatic carbocycles. The van der Waals surface area contributed by atoms with Crippen LogP contribution in [0.3, 0.4) is 0 Å². The molecule has 4 rings (SSSR count). The number of aromatic nitrogens is 1. The summed E-state index contributed by atoms with van der Waals surface area (Å²) < 4.78 is 11.5. The number of carbonyl (C=O) groups is 2. The van der Waals surface area contributed by atoms with Gasteiger partial charge in [-0.3, -0.25) is 9.59 Å². The molecule has 0 saturated carbocycles. The van der Waals surface area contributed by atoms with E-state index in [2.05, 4.69) is 4.98 Å². The molecule has 2 amide bonds. The number of amides is 2. The molecule has 3 saturated heterocycles. The molecule has 4 heterocycles. The van der Waals surface area contributed by atoms with Crippen LogP contribution in [-0.4, -0.2) is 71.8 Å². The summed E-state index contributed by atoms with van der Waals surface area (Å²) in [5, 5.41) is 0. The molecule has 28 heavy (non-hydrogen) atoms. The minimum absolute atomic E-state index is 0.0107. The number of aromatic amines is 1. The standard InChI is InChI=1S/C21H31N3O4/c1-14-15(2)18(22-16(14)3)20(26)24-8-4-5-17(13-24)19(25)23-9-6-21(7-10-23)27-11-12-28-21/h17,22H,4-13H2,1-3H3. The summed E-state index contributed by atoms with van der Waals surface area (Å²) in [5.41, 5.74) is 3.84. The monoisotopic (exact) mass is 389 g/mol. The zero-order chi connectivity index (χ0) is 19.9. The second-order valence-electron chi connectivity index (χ2n) is 8.40. The number of nitrogens with zero attached hydrogens (tertiary/aromatic N) is 2. The van der Waals surface area contributed by atoms with E-state index < -0.39 is 5.79 Å². The maximum absolute atomic E-state index is 13.1. The van der Waals surface area contributed by atoms with E-state index in [0.717, 1.165) is 42.5 Å². The van der Waals surface area contributed by atoms with Gasteiger partial charge in [0.05, 0.1) is 19.1 Å². The summed E-state index contributed by atoms with van der Waals surface area (Å²) in [5.74, 6) is -0.404. The molecule has 3 aliphatic heterocycles. The predicted molar refractivity (Wildman–Crippen MR) is 104 cm³/mol. The Balaban J connectivity index is 1.39. The molecule has 7 heteroatoms. The van der Waals surface area contributed by atoms with Crippen LogP contribution < -0.4 is 0 Å². The van der Waals surface area contributed by atoms with Crippen molar-refractivity contribution in [2.45, 2.75) is 52.2 Å². The third kappa shape index (κ3) is 3.46. The summed E-state index contributed by atoms with van der Waals surface area (Å²) in [6.45, 7) is 9.83. The third-order valence-corrected chi connectivity index (χ3v) is 6.73. The van der Waals surface area contributed by atoms with Gasteiger partial charge in [-0.1, -0.05) is 0 Å². The highest BCUT2D eigenvalue weighted by Gasteiger charge is 2.42. The van der Waals surface area contributed by atoms with Crippen molar-refractivity contribution in [3.8, 4) is 0 Å². The Morgan fingerprint density at radius 2 is 1.68 bits per heavy atom. The first-order valence-electron chi connectivity index (χ1n) is 10.4. The summed E-state index contributed by atoms with van der Waals surface area (Å²) in [4.78, 5) is 33.1. The Morgan fingerprint density at radius 3 is 2.29 bits per heavy atom. The lowest BCUT2D eigenvalue weighted by Gasteiger charge is -2.40. The Kier molecular flexibility index (Phi) is 5.22. The topological polar surface area (TPSA) is 74.9 Å². The van der Waals surface area contributed by atoms with Crippen LogP contribution in [0.2, 0.25) is 0 Å². The van der Waals surface area contributed by atoms with Crippen molar-refractivity contribution in [3.63, 3.8) is 0 Å². The van der Waals surface area contributed by atoms with Crippen LogP contribution >= 0.6 is 0 Å². The molecule has 154 valence electrons. The first-order chi connectivity index (χ1) is 13.4. The molecule has 0 aromatic carbocycles. The quantitative estimate of drug-likeness (QED) is 0.841. The fourth-order valence-corrected chi connectivity index (χ4v) is 4.69. The van der Waals surface area contributed by atoms with Crippen molar-refractivity contribution in [2.24, 2.45) is 5.92 Å². The molecule has 0 bridgehead atoms. The van der Waals surface area contributed by atoms with Crippen LogP contribution in [0.15, 0.2) is 0 Å². The largest absolute Gasteiger partial charge is 0.354 e. The summed E-state index contributed by atoms with van der Waals surface area (Å²) in [6, 6.07) is 0. The summed E-state index contributed by atoms with van der Waals surface area (Å²) in [6.07, 6.45) is 3.17. The van der Waals surface area contributed by atoms with Crippen molar-refractivity contribution in [1.82, 2.24) is 14.8 Å². The second kappa shape index (κ2) is 7.52. The lowest BCUT2D eigenvalue weighted by Crippen LogP contribution is -2.52. The van der Waals surface area contributed by atoms with Gasteiger partial charge in [0.2, 0.25) is 5.91 Å². The van der Waals surface area contributed by atoms with Crippen LogP contribution in [-0.2, 0) is 14.3 Å². The van der Waals surface area contributed by atoms with Crippen molar-refractivity contribution in [2.75, 3.05) is 39.4 Å². The Bertz CT molecular complexity index is 756. The van der Waals surface area contributed by atoms with E-state index in [-0.39, 0.29) is 17.7 Å². The number of hydrogen-bond acceptors (Lipinski definition) is 4. The van der Waals surface area contributed by atoms with E-state index in [1.54, 1.807) is 0 Å². The molecule has 1 spiro atoms. The van der Waals surface area contributed by atoms with E-state index >= 15 is 0 Å². The first kappa shape index (κ1) is 19.5. The highest BCUT2D eigenvalue weighted by molar-refractivity contribution is 5.95. The molecule has 3 fully saturated rings. The number of aryl methyl sites for hydroxylation is 1. The van der Waals surface area contributed by atoms with Gasteiger partial charge in [0.1, 0.15) is 5.69 Å². The molecule has 0 radical (unpaired) electrons. The van der Waals surface area contributed by atoms with Crippen molar-refractivity contribution >= 4 is 11.8 Å². The van der Waals surface area contributed by atoms with Gasteiger partial charge in [0.25, 0.3) is 5.91 Å². The average Bonchev–Trinajstić information content (AvgIpc) is 3.27. The van der Waals surface area contributed by atoms with Gasteiger partial charge in [-0.2, -0.15) is 0 Å². The maximum Gasteiger partial charge on any atom is 0.270 e. The number of ether oxygens (including phenoxy) is 2. The molecular formula is C21H31N3O4. The average molecular weight is 389 g/mol. The lowest BCUT2D eigenvalue weighted by atomic mass is 9.94. The molecule has 7 nitrogen and oxygen atoms in total. The number of likely N-dealkylation sites (tertiary alicyclic amines) is 2. The number of hydrogen-bond donors (Lipinski definition) is 1. The van der Waals surface area contributed by atoms with Gasteiger partial charge in [0, 0.05) is 44.7 Å². The van der Waals surface area contributed by atoms with Gasteiger partial charge < -0.3 is 24.3 Å². The number of H-pyrrole nitrogens is 1. The van der Waals surface area contributed by atoms with E-state index in [1.807, 2.05) is 30.6 Å². The van der Waals surface area contributed by atoms with Crippen LogP contribution in [0.25, 0.3) is 0 Å². The minimum atomic E-state index is -0.466. The number of nitrogens with one attached hydrogen (secondary N) is 1. The zero-order valence-electron chi connectivity index (χ0n) is 17.2. The first-order valence-corrected chi connectivity index (χ1v) is 10.4. The molecular weight excluding hydrogens is 358 g/mol. The van der Waals surface area contributed by atoms with E-state index in [0.29, 0.717) is 45.1 Å². The highest BCUT2D eigenvalue weighted by atomic mass is 16.7. The highest BCUT2D eigenvalue weighted by Crippen LogP contribution is 2.32. The molecule has 1 aromatic heterocycles. The Hall–Kier alpha value is -1.86. The van der Waals surface area contributed by atoms with E-state index in [4.69, 9.17) is 9.47 Å². The number of carbonyl (C=O) groups excluding carboxylic acids is 2. The van der Waals surface area contributed by atoms with Gasteiger partial charge in [0.15, 0.2) is 5.79 Å². The molecule has 1 unspecified atom stereocenters. The zero-order valence-corrected chi connectivity index (χ0v) is 17.2. The minimum Gasteiger partial charge on any atom is -0.354 e. The van der Waals surface area contributed by atoms with Gasteiger partial charge in [-0.15, -0.1) is 0 Å². The van der Waals surface area contributed by atoms with E-state index in [1.165, 1.54) is 0 Å². The van der Waals surface area contributed by atoms with Gasteiger partial charge in [-0.05, 0) is 44.7 Å². The maximum atomic E-state index is 13.1. The van der Waals surface area contributed by atoms with Gasteiger partial charge >= 0.3 is 0 Å². The fraction of sp³-hybridized carbons (Fsp3) is 0.714. The van der Waals surface area contributed by atoms with Crippen LogP contribution in [0.1, 0.15) is 53.0 Å². The van der Waals surface area contributed by atoms with Crippen molar-refractivity contribution in [1.29, 1.82) is 0 Å². The molecule has 1 N–H and O–H groups in total. The number of piperidine rings is 2. The summed E-state index contributed by atoms with van der Waals surface area (Å²) >= 11 is 0. The lowest BCUT2D eigenvalue weighted by molar-refractivity contribution is -0.188. The Morgan fingerprint density at radius 1 is 1.00 bits per heavy atom. The fourth-order valence-electron chi connectivity index (χ4n) is 4.69. The molecule has 1 atom stereocenters. The third-order valence-electron chi connectivity index (χ3n) is 6.73. The number of rotatable bonds is 2.